The van der Waals surface area contributed by atoms with Crippen molar-refractivity contribution in [2.24, 2.45) is 0 Å². The van der Waals surface area contributed by atoms with Crippen molar-refractivity contribution in [1.82, 2.24) is 14.8 Å². The minimum Gasteiger partial charge on any atom is -0.478 e. The molecule has 1 saturated heterocycles. The van der Waals surface area contributed by atoms with Crippen LogP contribution in [-0.4, -0.2) is 39.1 Å². The van der Waals surface area contributed by atoms with Crippen molar-refractivity contribution >= 4 is 28.4 Å². The minimum absolute atomic E-state index is 0.118. The van der Waals surface area contributed by atoms with E-state index in [1.54, 1.807) is 31.3 Å². The molecule has 1 aliphatic heterocycles. The standard InChI is InChI=1S/C26H26N4O4/c1-17-14-19(9-10-21(17)26(31)32)28-24-23-22(30(29-24)20-8-5-13-33-16-20)11-12-27-25(23)34-15-18-6-3-2-4-7-18/h2-4,6-7,9-12,14,20H,5,8,13,15-16H2,1H3,(H,28,29)(H,31,32). The second-order valence-corrected chi connectivity index (χ2v) is 8.41. The SMILES string of the molecule is Cc1cc(Nc2nn(C3CCCOC3)c3ccnc(OCc4ccccc4)c23)ccc1C(=O)O. The molecular weight excluding hydrogens is 432 g/mol. The van der Waals surface area contributed by atoms with Gasteiger partial charge in [0.05, 0.1) is 23.7 Å². The van der Waals surface area contributed by atoms with Gasteiger partial charge in [-0.25, -0.2) is 9.78 Å². The van der Waals surface area contributed by atoms with E-state index in [0.717, 1.165) is 41.6 Å². The molecule has 0 bridgehead atoms. The maximum Gasteiger partial charge on any atom is 0.335 e. The number of carboxylic acid groups (broad SMARTS) is 1. The molecule has 2 N–H and O–H groups in total. The summed E-state index contributed by atoms with van der Waals surface area (Å²) < 4.78 is 13.9. The molecular formula is C26H26N4O4. The van der Waals surface area contributed by atoms with E-state index >= 15 is 0 Å². The highest BCUT2D eigenvalue weighted by atomic mass is 16.5. The maximum atomic E-state index is 11.4. The molecule has 0 amide bonds. The van der Waals surface area contributed by atoms with Gasteiger partial charge in [-0.2, -0.15) is 5.10 Å². The molecule has 1 fully saturated rings. The molecule has 3 heterocycles. The predicted octanol–water partition coefficient (Wildman–Crippen LogP) is 5.11. The van der Waals surface area contributed by atoms with Gasteiger partial charge >= 0.3 is 5.97 Å². The molecule has 1 unspecified atom stereocenters. The average molecular weight is 459 g/mol. The number of fused-ring (bicyclic) bond motifs is 1. The van der Waals surface area contributed by atoms with Gasteiger partial charge in [0.25, 0.3) is 0 Å². The Morgan fingerprint density at radius 1 is 1.24 bits per heavy atom. The average Bonchev–Trinajstić information content (AvgIpc) is 3.23. The van der Waals surface area contributed by atoms with Crippen molar-refractivity contribution in [3.8, 4) is 5.88 Å². The quantitative estimate of drug-likeness (QED) is 0.397. The Kier molecular flexibility index (Phi) is 6.14. The molecule has 1 aliphatic rings. The van der Waals surface area contributed by atoms with Crippen LogP contribution in [0.4, 0.5) is 11.5 Å². The molecule has 1 atom stereocenters. The fourth-order valence-electron chi connectivity index (χ4n) is 4.29. The number of carbonyl (C=O) groups is 1. The van der Waals surface area contributed by atoms with E-state index in [2.05, 4.69) is 10.3 Å². The zero-order valence-corrected chi connectivity index (χ0v) is 18.9. The number of rotatable bonds is 7. The fourth-order valence-corrected chi connectivity index (χ4v) is 4.29. The number of aromatic carboxylic acids is 1. The van der Waals surface area contributed by atoms with Gasteiger partial charge in [0.2, 0.25) is 5.88 Å². The number of hydrogen-bond donors (Lipinski definition) is 2. The van der Waals surface area contributed by atoms with E-state index in [9.17, 15) is 9.90 Å². The normalized spacial score (nSPS) is 15.9. The number of aromatic nitrogens is 3. The first-order valence-electron chi connectivity index (χ1n) is 11.3. The third-order valence-corrected chi connectivity index (χ3v) is 6.01. The third-order valence-electron chi connectivity index (χ3n) is 6.01. The van der Waals surface area contributed by atoms with E-state index in [0.29, 0.717) is 30.5 Å². The van der Waals surface area contributed by atoms with Gasteiger partial charge in [-0.3, -0.25) is 4.68 Å². The van der Waals surface area contributed by atoms with E-state index in [1.165, 1.54) is 0 Å². The summed E-state index contributed by atoms with van der Waals surface area (Å²) in [6.07, 6.45) is 3.69. The molecule has 2 aromatic carbocycles. The lowest BCUT2D eigenvalue weighted by Gasteiger charge is -2.23. The first-order chi connectivity index (χ1) is 16.6. The lowest BCUT2D eigenvalue weighted by atomic mass is 10.1. The number of aryl methyl sites for hydroxylation is 1. The number of pyridine rings is 1. The lowest BCUT2D eigenvalue weighted by Crippen LogP contribution is -2.22. The topological polar surface area (TPSA) is 98.5 Å². The number of ether oxygens (including phenoxy) is 2. The highest BCUT2D eigenvalue weighted by molar-refractivity contribution is 5.96. The molecule has 0 saturated carbocycles. The number of nitrogens with zero attached hydrogens (tertiary/aromatic N) is 3. The van der Waals surface area contributed by atoms with Crippen LogP contribution in [0.3, 0.4) is 0 Å². The molecule has 5 rings (SSSR count). The molecule has 34 heavy (non-hydrogen) atoms. The monoisotopic (exact) mass is 458 g/mol. The van der Waals surface area contributed by atoms with Gasteiger partial charge < -0.3 is 19.9 Å². The molecule has 2 aromatic heterocycles. The van der Waals surface area contributed by atoms with Gasteiger partial charge in [-0.15, -0.1) is 0 Å². The first-order valence-corrected chi connectivity index (χ1v) is 11.3. The van der Waals surface area contributed by atoms with Gasteiger partial charge in [0, 0.05) is 18.5 Å². The van der Waals surface area contributed by atoms with Gasteiger partial charge in [-0.1, -0.05) is 30.3 Å². The van der Waals surface area contributed by atoms with Crippen molar-refractivity contribution in [3.05, 3.63) is 77.5 Å². The third kappa shape index (κ3) is 4.45. The van der Waals surface area contributed by atoms with Crippen LogP contribution in [0, 0.1) is 6.92 Å². The number of nitrogens with one attached hydrogen (secondary N) is 1. The summed E-state index contributed by atoms with van der Waals surface area (Å²) in [6.45, 7) is 3.53. The summed E-state index contributed by atoms with van der Waals surface area (Å²) >= 11 is 0. The summed E-state index contributed by atoms with van der Waals surface area (Å²) in [4.78, 5) is 15.9. The van der Waals surface area contributed by atoms with Crippen LogP contribution < -0.4 is 10.1 Å². The highest BCUT2D eigenvalue weighted by Gasteiger charge is 2.24. The fraction of sp³-hybridized carbons (Fsp3) is 0.269. The second kappa shape index (κ2) is 9.52. The molecule has 0 aliphatic carbocycles. The van der Waals surface area contributed by atoms with Gasteiger partial charge in [0.1, 0.15) is 12.0 Å². The van der Waals surface area contributed by atoms with Crippen LogP contribution in [0.25, 0.3) is 10.9 Å². The molecule has 0 radical (unpaired) electrons. The minimum atomic E-state index is -0.947. The Morgan fingerprint density at radius 3 is 2.82 bits per heavy atom. The maximum absolute atomic E-state index is 11.4. The van der Waals surface area contributed by atoms with Crippen molar-refractivity contribution < 1.29 is 19.4 Å². The van der Waals surface area contributed by atoms with Crippen LogP contribution in [0.15, 0.2) is 60.8 Å². The molecule has 8 nitrogen and oxygen atoms in total. The van der Waals surface area contributed by atoms with Crippen LogP contribution in [-0.2, 0) is 11.3 Å². The van der Waals surface area contributed by atoms with E-state index < -0.39 is 5.97 Å². The Balaban J connectivity index is 1.54. The number of carboxylic acids is 1. The predicted molar refractivity (Wildman–Crippen MR) is 129 cm³/mol. The van der Waals surface area contributed by atoms with Crippen LogP contribution in [0.2, 0.25) is 0 Å². The second-order valence-electron chi connectivity index (χ2n) is 8.41. The van der Waals surface area contributed by atoms with Crippen molar-refractivity contribution in [2.75, 3.05) is 18.5 Å². The molecule has 8 heteroatoms. The van der Waals surface area contributed by atoms with Crippen LogP contribution in [0.5, 0.6) is 5.88 Å². The van der Waals surface area contributed by atoms with Crippen LogP contribution >= 0.6 is 0 Å². The highest BCUT2D eigenvalue weighted by Crippen LogP contribution is 2.36. The molecule has 174 valence electrons. The Bertz CT molecular complexity index is 1310. The van der Waals surface area contributed by atoms with Crippen molar-refractivity contribution in [1.29, 1.82) is 0 Å². The zero-order valence-electron chi connectivity index (χ0n) is 18.9. The van der Waals surface area contributed by atoms with E-state index in [1.807, 2.05) is 41.1 Å². The van der Waals surface area contributed by atoms with E-state index in [4.69, 9.17) is 14.6 Å². The number of benzene rings is 2. The van der Waals surface area contributed by atoms with Gasteiger partial charge in [0.15, 0.2) is 5.82 Å². The Labute approximate surface area is 197 Å². The lowest BCUT2D eigenvalue weighted by molar-refractivity contribution is 0.0566. The van der Waals surface area contributed by atoms with Gasteiger partial charge in [-0.05, 0) is 55.2 Å². The summed E-state index contributed by atoms with van der Waals surface area (Å²) in [7, 11) is 0. The van der Waals surface area contributed by atoms with Crippen molar-refractivity contribution in [2.45, 2.75) is 32.4 Å². The smallest absolute Gasteiger partial charge is 0.335 e. The Morgan fingerprint density at radius 2 is 2.09 bits per heavy atom. The van der Waals surface area contributed by atoms with Crippen molar-refractivity contribution in [3.63, 3.8) is 0 Å². The molecule has 0 spiro atoms. The number of hydrogen-bond acceptors (Lipinski definition) is 6. The van der Waals surface area contributed by atoms with Crippen LogP contribution in [0.1, 0.15) is 40.4 Å². The zero-order chi connectivity index (χ0) is 23.5. The summed E-state index contributed by atoms with van der Waals surface area (Å²) in [6, 6.07) is 17.1. The first kappa shape index (κ1) is 21.9. The number of anilines is 2. The largest absolute Gasteiger partial charge is 0.478 e. The Hall–Kier alpha value is -3.91. The summed E-state index contributed by atoms with van der Waals surface area (Å²) in [5.74, 6) is 0.154. The summed E-state index contributed by atoms with van der Waals surface area (Å²) in [5.41, 5.74) is 3.64. The van der Waals surface area contributed by atoms with E-state index in [-0.39, 0.29) is 11.6 Å². The summed E-state index contributed by atoms with van der Waals surface area (Å²) in [5, 5.41) is 18.4. The molecule has 4 aromatic rings.